The van der Waals surface area contributed by atoms with E-state index in [4.69, 9.17) is 4.74 Å². The zero-order chi connectivity index (χ0) is 15.2. The van der Waals surface area contributed by atoms with Crippen molar-refractivity contribution in [2.24, 2.45) is 11.8 Å². The van der Waals surface area contributed by atoms with Crippen LogP contribution in [0.2, 0.25) is 0 Å². The molecule has 0 radical (unpaired) electrons. The van der Waals surface area contributed by atoms with Crippen molar-refractivity contribution < 1.29 is 14.3 Å². The Morgan fingerprint density at radius 2 is 1.86 bits per heavy atom. The first-order valence-electron chi connectivity index (χ1n) is 8.23. The summed E-state index contributed by atoms with van der Waals surface area (Å²) in [7, 11) is 0. The molecule has 0 spiro atoms. The number of ether oxygens (including phenoxy) is 1. The van der Waals surface area contributed by atoms with Crippen LogP contribution < -0.4 is 5.32 Å². The Bertz CT molecular complexity index is 367. The molecule has 5 heteroatoms. The van der Waals surface area contributed by atoms with E-state index in [0.717, 1.165) is 6.42 Å². The van der Waals surface area contributed by atoms with Crippen LogP contribution in [0.3, 0.4) is 0 Å². The van der Waals surface area contributed by atoms with E-state index in [1.807, 2.05) is 0 Å². The number of nitrogens with zero attached hydrogens (tertiary/aromatic N) is 1. The van der Waals surface area contributed by atoms with Crippen molar-refractivity contribution in [3.05, 3.63) is 0 Å². The maximum Gasteiger partial charge on any atom is 0.223 e. The lowest BCUT2D eigenvalue weighted by atomic mass is 9.78. The van der Waals surface area contributed by atoms with Gasteiger partial charge in [0.1, 0.15) is 0 Å². The molecule has 0 unspecified atom stereocenters. The molecule has 2 amide bonds. The summed E-state index contributed by atoms with van der Waals surface area (Å²) in [5.41, 5.74) is 0. The molecule has 1 N–H and O–H groups in total. The van der Waals surface area contributed by atoms with E-state index in [-0.39, 0.29) is 17.9 Å². The molecular formula is C16H28N2O3. The van der Waals surface area contributed by atoms with Crippen molar-refractivity contribution in [2.45, 2.75) is 52.0 Å². The molecule has 120 valence electrons. The number of carbonyl (C=O) groups excluding carboxylic acids is 2. The van der Waals surface area contributed by atoms with E-state index in [1.165, 1.54) is 12.8 Å². The smallest absolute Gasteiger partial charge is 0.223 e. The van der Waals surface area contributed by atoms with Crippen molar-refractivity contribution in [1.82, 2.24) is 10.2 Å². The Balaban J connectivity index is 1.70. The lowest BCUT2D eigenvalue weighted by Crippen LogP contribution is -2.44. The minimum absolute atomic E-state index is 0.0163. The quantitative estimate of drug-likeness (QED) is 0.856. The normalized spacial score (nSPS) is 30.0. The third-order valence-electron chi connectivity index (χ3n) is 4.98. The van der Waals surface area contributed by atoms with Crippen LogP contribution in [0.25, 0.3) is 0 Å². The summed E-state index contributed by atoms with van der Waals surface area (Å²) in [5, 5.41) is 3.12. The minimum atomic E-state index is 0.0163. The summed E-state index contributed by atoms with van der Waals surface area (Å²) in [6.07, 6.45) is 4.11. The zero-order valence-corrected chi connectivity index (χ0v) is 13.3. The van der Waals surface area contributed by atoms with E-state index in [1.54, 1.807) is 4.90 Å². The van der Waals surface area contributed by atoms with Crippen molar-refractivity contribution in [3.63, 3.8) is 0 Å². The molecule has 2 aliphatic rings. The van der Waals surface area contributed by atoms with Gasteiger partial charge in [-0.1, -0.05) is 26.7 Å². The number of carbonyl (C=O) groups is 2. The second kappa shape index (κ2) is 7.78. The van der Waals surface area contributed by atoms with E-state index in [2.05, 4.69) is 19.2 Å². The summed E-state index contributed by atoms with van der Waals surface area (Å²) in [5.74, 6) is 1.28. The first kappa shape index (κ1) is 16.3. The third-order valence-corrected chi connectivity index (χ3v) is 4.98. The van der Waals surface area contributed by atoms with Gasteiger partial charge < -0.3 is 15.0 Å². The fourth-order valence-electron chi connectivity index (χ4n) is 3.26. The van der Waals surface area contributed by atoms with E-state index in [9.17, 15) is 9.59 Å². The fourth-order valence-corrected chi connectivity index (χ4v) is 3.26. The maximum atomic E-state index is 12.0. The van der Waals surface area contributed by atoms with Gasteiger partial charge in [-0.15, -0.1) is 0 Å². The molecule has 5 nitrogen and oxygen atoms in total. The highest BCUT2D eigenvalue weighted by atomic mass is 16.5. The standard InChI is InChI=1S/C16H28N2O3/c1-12-4-3-5-14(13(12)2)17-15(19)6-7-16(20)18-8-10-21-11-9-18/h12-14H,3-11H2,1-2H3,(H,17,19)/t12-,13-,14+/m1/s1. The average Bonchev–Trinajstić information content (AvgIpc) is 2.50. The summed E-state index contributed by atoms with van der Waals surface area (Å²) < 4.78 is 5.22. The van der Waals surface area contributed by atoms with Gasteiger partial charge >= 0.3 is 0 Å². The summed E-state index contributed by atoms with van der Waals surface area (Å²) >= 11 is 0. The second-order valence-electron chi connectivity index (χ2n) is 6.43. The molecule has 2 rings (SSSR count). The van der Waals surface area contributed by atoms with Crippen molar-refractivity contribution >= 4 is 11.8 Å². The average molecular weight is 296 g/mol. The number of morpholine rings is 1. The van der Waals surface area contributed by atoms with Gasteiger partial charge in [-0.05, 0) is 18.3 Å². The topological polar surface area (TPSA) is 58.6 Å². The van der Waals surface area contributed by atoms with E-state index in [0.29, 0.717) is 51.0 Å². The van der Waals surface area contributed by atoms with Gasteiger partial charge in [-0.25, -0.2) is 0 Å². The first-order valence-corrected chi connectivity index (χ1v) is 8.23. The SMILES string of the molecule is C[C@@H]1[C@H](C)CCC[C@@H]1NC(=O)CCC(=O)N1CCOCC1. The molecule has 21 heavy (non-hydrogen) atoms. The van der Waals surface area contributed by atoms with Crippen LogP contribution in [-0.4, -0.2) is 49.1 Å². The Kier molecular flexibility index (Phi) is 6.03. The van der Waals surface area contributed by atoms with Crippen molar-refractivity contribution in [3.8, 4) is 0 Å². The molecular weight excluding hydrogens is 268 g/mol. The van der Waals surface area contributed by atoms with Crippen LogP contribution in [0.5, 0.6) is 0 Å². The van der Waals surface area contributed by atoms with Crippen molar-refractivity contribution in [1.29, 1.82) is 0 Å². The minimum Gasteiger partial charge on any atom is -0.378 e. The first-order chi connectivity index (χ1) is 10.1. The van der Waals surface area contributed by atoms with E-state index < -0.39 is 0 Å². The van der Waals surface area contributed by atoms with Gasteiger partial charge in [0, 0.05) is 32.0 Å². The molecule has 0 bridgehead atoms. The van der Waals surface area contributed by atoms with Crippen LogP contribution in [0, 0.1) is 11.8 Å². The van der Waals surface area contributed by atoms with Crippen LogP contribution >= 0.6 is 0 Å². The van der Waals surface area contributed by atoms with Gasteiger partial charge in [-0.3, -0.25) is 9.59 Å². The van der Waals surface area contributed by atoms with Crippen molar-refractivity contribution in [2.75, 3.05) is 26.3 Å². The largest absolute Gasteiger partial charge is 0.378 e. The molecule has 1 aliphatic carbocycles. The lowest BCUT2D eigenvalue weighted by molar-refractivity contribution is -0.137. The van der Waals surface area contributed by atoms with Gasteiger partial charge in [0.05, 0.1) is 13.2 Å². The van der Waals surface area contributed by atoms with Gasteiger partial charge in [0.25, 0.3) is 0 Å². The number of nitrogens with one attached hydrogen (secondary N) is 1. The van der Waals surface area contributed by atoms with Gasteiger partial charge in [0.2, 0.25) is 11.8 Å². The molecule has 0 aromatic rings. The number of hydrogen-bond donors (Lipinski definition) is 1. The Morgan fingerprint density at radius 1 is 1.14 bits per heavy atom. The lowest BCUT2D eigenvalue weighted by Gasteiger charge is -2.34. The summed E-state index contributed by atoms with van der Waals surface area (Å²) in [6, 6.07) is 0.278. The molecule has 0 aromatic heterocycles. The van der Waals surface area contributed by atoms with Crippen LogP contribution in [-0.2, 0) is 14.3 Å². The summed E-state index contributed by atoms with van der Waals surface area (Å²) in [6.45, 7) is 6.98. The monoisotopic (exact) mass is 296 g/mol. The molecule has 1 aliphatic heterocycles. The molecule has 2 fully saturated rings. The predicted octanol–water partition coefficient (Wildman–Crippen LogP) is 1.57. The summed E-state index contributed by atoms with van der Waals surface area (Å²) in [4.78, 5) is 25.8. The van der Waals surface area contributed by atoms with Crippen LogP contribution in [0.15, 0.2) is 0 Å². The highest BCUT2D eigenvalue weighted by Crippen LogP contribution is 2.29. The molecule has 1 heterocycles. The van der Waals surface area contributed by atoms with Crippen LogP contribution in [0.4, 0.5) is 0 Å². The Hall–Kier alpha value is -1.10. The number of rotatable bonds is 4. The van der Waals surface area contributed by atoms with Gasteiger partial charge in [0.15, 0.2) is 0 Å². The number of amides is 2. The second-order valence-corrected chi connectivity index (χ2v) is 6.43. The molecule has 1 saturated heterocycles. The molecule has 1 saturated carbocycles. The maximum absolute atomic E-state index is 12.0. The molecule has 3 atom stereocenters. The predicted molar refractivity (Wildman–Crippen MR) is 80.7 cm³/mol. The Morgan fingerprint density at radius 3 is 2.57 bits per heavy atom. The zero-order valence-electron chi connectivity index (χ0n) is 13.3. The Labute approximate surface area is 127 Å². The highest BCUT2D eigenvalue weighted by Gasteiger charge is 2.28. The molecule has 0 aromatic carbocycles. The highest BCUT2D eigenvalue weighted by molar-refractivity contribution is 5.84. The third kappa shape index (κ3) is 4.70. The number of hydrogen-bond acceptors (Lipinski definition) is 3. The van der Waals surface area contributed by atoms with E-state index >= 15 is 0 Å². The van der Waals surface area contributed by atoms with Crippen LogP contribution in [0.1, 0.15) is 46.0 Å². The van der Waals surface area contributed by atoms with Gasteiger partial charge in [-0.2, -0.15) is 0 Å². The fraction of sp³-hybridized carbons (Fsp3) is 0.875.